The van der Waals surface area contributed by atoms with Gasteiger partial charge in [0.2, 0.25) is 0 Å². The molecule has 8 heteroatoms. The predicted molar refractivity (Wildman–Crippen MR) is 92.5 cm³/mol. The maximum atomic E-state index is 12.0. The molecular weight excluding hydrogens is 377 g/mol. The summed E-state index contributed by atoms with van der Waals surface area (Å²) in [6, 6.07) is 4.84. The summed E-state index contributed by atoms with van der Waals surface area (Å²) in [5.41, 5.74) is 0. The van der Waals surface area contributed by atoms with E-state index in [4.69, 9.17) is 49.0 Å². The third-order valence-electron chi connectivity index (χ3n) is 4.27. The van der Waals surface area contributed by atoms with Gasteiger partial charge in [0.1, 0.15) is 11.5 Å². The number of benzene rings is 1. The molecule has 5 nitrogen and oxygen atoms in total. The van der Waals surface area contributed by atoms with Crippen LogP contribution in [-0.4, -0.2) is 48.2 Å². The van der Waals surface area contributed by atoms with Gasteiger partial charge in [0.25, 0.3) is 0 Å². The van der Waals surface area contributed by atoms with Crippen molar-refractivity contribution in [3.05, 3.63) is 23.2 Å². The molecular formula is C16H18Cl3NO4. The zero-order valence-electron chi connectivity index (χ0n) is 13.1. The largest absolute Gasteiger partial charge is 0.491 e. The molecule has 0 aromatic heterocycles. The van der Waals surface area contributed by atoms with Crippen LogP contribution in [0.25, 0.3) is 0 Å². The molecule has 2 fully saturated rings. The minimum absolute atomic E-state index is 0.141. The van der Waals surface area contributed by atoms with Gasteiger partial charge in [-0.3, -0.25) is 0 Å². The molecule has 24 heavy (non-hydrogen) atoms. The first-order valence-corrected chi connectivity index (χ1v) is 8.86. The molecule has 132 valence electrons. The first kappa shape index (κ1) is 17.9. The second kappa shape index (κ2) is 7.16. The minimum atomic E-state index is -0.943. The van der Waals surface area contributed by atoms with Crippen molar-refractivity contribution in [1.29, 1.82) is 0 Å². The third-order valence-corrected chi connectivity index (χ3v) is 5.58. The lowest BCUT2D eigenvalue weighted by Crippen LogP contribution is -2.30. The molecule has 1 aromatic rings. The van der Waals surface area contributed by atoms with Crippen molar-refractivity contribution < 1.29 is 19.0 Å². The van der Waals surface area contributed by atoms with Crippen LogP contribution < -0.4 is 9.47 Å². The van der Waals surface area contributed by atoms with E-state index in [2.05, 4.69) is 0 Å². The van der Waals surface area contributed by atoms with E-state index < -0.39 is 4.33 Å². The Morgan fingerprint density at radius 1 is 1.33 bits per heavy atom. The molecule has 2 atom stereocenters. The van der Waals surface area contributed by atoms with Gasteiger partial charge < -0.3 is 19.1 Å². The monoisotopic (exact) mass is 393 g/mol. The van der Waals surface area contributed by atoms with E-state index >= 15 is 0 Å². The van der Waals surface area contributed by atoms with E-state index in [0.29, 0.717) is 16.5 Å². The molecule has 1 saturated carbocycles. The highest BCUT2D eigenvalue weighted by Gasteiger charge is 2.64. The second-order valence-electron chi connectivity index (χ2n) is 5.90. The smallest absolute Gasteiger partial charge is 0.415 e. The topological polar surface area (TPSA) is 48.0 Å². The Morgan fingerprint density at radius 2 is 2.04 bits per heavy atom. The van der Waals surface area contributed by atoms with Gasteiger partial charge in [0, 0.05) is 26.3 Å². The number of methoxy groups -OCH3 is 1. The highest BCUT2D eigenvalue weighted by molar-refractivity contribution is 6.51. The Kier molecular flexibility index (Phi) is 5.35. The zero-order valence-corrected chi connectivity index (χ0v) is 15.4. The fourth-order valence-corrected chi connectivity index (χ4v) is 3.66. The summed E-state index contributed by atoms with van der Waals surface area (Å²) < 4.78 is 15.3. The second-order valence-corrected chi connectivity index (χ2v) is 7.75. The standard InChI is InChI=1S/C16H18Cl3NO4/c1-22-14-11(16(14,18)19)9-23-13-8-10(4-5-12(13)17)24-15(21)20-6-2-3-7-20/h4-5,8,11,14H,2-3,6-7,9H2,1H3/t11-,14+/m1/s1. The summed E-state index contributed by atoms with van der Waals surface area (Å²) >= 11 is 18.3. The van der Waals surface area contributed by atoms with Gasteiger partial charge in [-0.05, 0) is 25.0 Å². The Bertz CT molecular complexity index is 619. The van der Waals surface area contributed by atoms with Crippen LogP contribution in [0.5, 0.6) is 11.5 Å². The molecule has 0 unspecified atom stereocenters. The van der Waals surface area contributed by atoms with E-state index in [1.165, 1.54) is 0 Å². The number of carbonyl (C=O) groups excluding carboxylic acids is 1. The number of amides is 1. The number of likely N-dealkylation sites (tertiary alicyclic amines) is 1. The Labute approximate surface area is 155 Å². The van der Waals surface area contributed by atoms with Crippen molar-refractivity contribution in [2.75, 3.05) is 26.8 Å². The summed E-state index contributed by atoms with van der Waals surface area (Å²) in [4.78, 5) is 13.7. The molecule has 0 radical (unpaired) electrons. The van der Waals surface area contributed by atoms with Gasteiger partial charge in [-0.1, -0.05) is 34.8 Å². The number of carbonyl (C=O) groups is 1. The number of ether oxygens (including phenoxy) is 3. The quantitative estimate of drug-likeness (QED) is 0.705. The molecule has 2 aliphatic rings. The zero-order chi connectivity index (χ0) is 17.3. The van der Waals surface area contributed by atoms with Crippen LogP contribution in [0.3, 0.4) is 0 Å². The number of nitrogens with zero attached hydrogens (tertiary/aromatic N) is 1. The number of hydrogen-bond acceptors (Lipinski definition) is 4. The van der Waals surface area contributed by atoms with E-state index in [-0.39, 0.29) is 24.7 Å². The van der Waals surface area contributed by atoms with Gasteiger partial charge >= 0.3 is 6.09 Å². The summed E-state index contributed by atoms with van der Waals surface area (Å²) in [6.45, 7) is 1.71. The van der Waals surface area contributed by atoms with Crippen LogP contribution in [0.2, 0.25) is 5.02 Å². The number of alkyl halides is 2. The molecule has 0 spiro atoms. The van der Waals surface area contributed by atoms with Crippen LogP contribution in [0.4, 0.5) is 4.79 Å². The summed E-state index contributed by atoms with van der Waals surface area (Å²) in [5, 5.41) is 0.417. The summed E-state index contributed by atoms with van der Waals surface area (Å²) in [5.74, 6) is 0.653. The van der Waals surface area contributed by atoms with Crippen molar-refractivity contribution in [1.82, 2.24) is 4.90 Å². The van der Waals surface area contributed by atoms with Gasteiger partial charge in [-0.2, -0.15) is 0 Å². The average Bonchev–Trinajstić information content (AvgIpc) is 2.93. The van der Waals surface area contributed by atoms with Gasteiger partial charge in [0.05, 0.1) is 23.7 Å². The van der Waals surface area contributed by atoms with Crippen LogP contribution in [-0.2, 0) is 4.74 Å². The molecule has 1 heterocycles. The van der Waals surface area contributed by atoms with Crippen LogP contribution in [0.15, 0.2) is 18.2 Å². The van der Waals surface area contributed by atoms with E-state index in [1.54, 1.807) is 30.2 Å². The van der Waals surface area contributed by atoms with E-state index in [9.17, 15) is 4.79 Å². The average molecular weight is 395 g/mol. The van der Waals surface area contributed by atoms with Crippen LogP contribution >= 0.6 is 34.8 Å². The maximum absolute atomic E-state index is 12.0. The number of halogens is 3. The first-order chi connectivity index (χ1) is 11.4. The fraction of sp³-hybridized carbons (Fsp3) is 0.562. The molecule has 1 amide bonds. The van der Waals surface area contributed by atoms with Crippen molar-refractivity contribution in [3.8, 4) is 11.5 Å². The third kappa shape index (κ3) is 3.69. The molecule has 0 bridgehead atoms. The Hall–Kier alpha value is -0.880. The minimum Gasteiger partial charge on any atom is -0.491 e. The van der Waals surface area contributed by atoms with Crippen LogP contribution in [0.1, 0.15) is 12.8 Å². The predicted octanol–water partition coefficient (Wildman–Crippen LogP) is 4.13. The van der Waals surface area contributed by atoms with Crippen LogP contribution in [0, 0.1) is 5.92 Å². The van der Waals surface area contributed by atoms with Crippen molar-refractivity contribution in [2.45, 2.75) is 23.3 Å². The lowest BCUT2D eigenvalue weighted by atomic mass is 10.3. The number of hydrogen-bond donors (Lipinski definition) is 0. The molecule has 0 N–H and O–H groups in total. The van der Waals surface area contributed by atoms with Gasteiger partial charge in [-0.15, -0.1) is 0 Å². The first-order valence-electron chi connectivity index (χ1n) is 7.73. The molecule has 1 aliphatic heterocycles. The lowest BCUT2D eigenvalue weighted by Gasteiger charge is -2.15. The molecule has 3 rings (SSSR count). The lowest BCUT2D eigenvalue weighted by molar-refractivity contribution is 0.153. The van der Waals surface area contributed by atoms with Gasteiger partial charge in [0.15, 0.2) is 4.33 Å². The Morgan fingerprint density at radius 3 is 2.67 bits per heavy atom. The van der Waals surface area contributed by atoms with E-state index in [1.807, 2.05) is 0 Å². The highest BCUT2D eigenvalue weighted by atomic mass is 35.5. The van der Waals surface area contributed by atoms with Crippen molar-refractivity contribution in [2.24, 2.45) is 5.92 Å². The SMILES string of the molecule is CO[C@H]1[C@@H](COc2cc(OC(=O)N3CCCC3)ccc2Cl)C1(Cl)Cl. The fourth-order valence-electron chi connectivity index (χ4n) is 2.78. The van der Waals surface area contributed by atoms with Crippen molar-refractivity contribution >= 4 is 40.9 Å². The number of rotatable bonds is 5. The van der Waals surface area contributed by atoms with E-state index in [0.717, 1.165) is 25.9 Å². The maximum Gasteiger partial charge on any atom is 0.415 e. The summed E-state index contributed by atoms with van der Waals surface area (Å²) in [7, 11) is 1.55. The van der Waals surface area contributed by atoms with Gasteiger partial charge in [-0.25, -0.2) is 4.79 Å². The van der Waals surface area contributed by atoms with Crippen molar-refractivity contribution in [3.63, 3.8) is 0 Å². The summed E-state index contributed by atoms with van der Waals surface area (Å²) in [6.07, 6.45) is 1.38. The normalized spacial score (nSPS) is 24.8. The molecule has 1 aliphatic carbocycles. The Balaban J connectivity index is 1.60. The molecule has 1 saturated heterocycles. The highest BCUT2D eigenvalue weighted by Crippen LogP contribution is 2.55. The molecule has 1 aromatic carbocycles.